The van der Waals surface area contributed by atoms with Crippen LogP contribution in [0.4, 0.5) is 10.1 Å². The highest BCUT2D eigenvalue weighted by molar-refractivity contribution is 9.10. The first-order valence-corrected chi connectivity index (χ1v) is 10.9. The summed E-state index contributed by atoms with van der Waals surface area (Å²) < 4.78 is 40.8. The van der Waals surface area contributed by atoms with Gasteiger partial charge in [-0.15, -0.1) is 0 Å². The molecule has 8 heteroatoms. The lowest BCUT2D eigenvalue weighted by atomic mass is 10.1. The molecule has 1 fully saturated rings. The van der Waals surface area contributed by atoms with E-state index in [1.165, 1.54) is 28.6 Å². The van der Waals surface area contributed by atoms with Crippen LogP contribution >= 0.6 is 15.9 Å². The number of hydrogen-bond acceptors (Lipinski definition) is 3. The highest BCUT2D eigenvalue weighted by Crippen LogP contribution is 2.26. The van der Waals surface area contributed by atoms with Crippen LogP contribution in [0.15, 0.2) is 45.8 Å². The van der Waals surface area contributed by atoms with E-state index < -0.39 is 21.7 Å². The summed E-state index contributed by atoms with van der Waals surface area (Å²) in [7, 11) is -3.59. The first-order chi connectivity index (χ1) is 12.8. The first-order valence-electron chi connectivity index (χ1n) is 8.66. The third-order valence-corrected chi connectivity index (χ3v) is 7.14. The number of benzene rings is 2. The van der Waals surface area contributed by atoms with E-state index in [1.54, 1.807) is 19.1 Å². The maximum absolute atomic E-state index is 13.2. The number of amides is 1. The van der Waals surface area contributed by atoms with Crippen LogP contribution < -0.4 is 5.32 Å². The summed E-state index contributed by atoms with van der Waals surface area (Å²) in [5.41, 5.74) is 1.41. The Labute approximate surface area is 166 Å². The smallest absolute Gasteiger partial charge is 0.256 e. The molecule has 1 aliphatic heterocycles. The predicted octanol–water partition coefficient (Wildman–Crippen LogP) is 4.32. The number of hydrogen-bond donors (Lipinski definition) is 1. The van der Waals surface area contributed by atoms with Crippen molar-refractivity contribution in [2.75, 3.05) is 18.4 Å². The number of anilines is 1. The lowest BCUT2D eigenvalue weighted by Gasteiger charge is -2.26. The molecular weight excluding hydrogens is 435 g/mol. The van der Waals surface area contributed by atoms with Gasteiger partial charge in [-0.3, -0.25) is 4.79 Å². The van der Waals surface area contributed by atoms with Crippen LogP contribution in [0, 0.1) is 12.7 Å². The fourth-order valence-electron chi connectivity index (χ4n) is 3.01. The highest BCUT2D eigenvalue weighted by Gasteiger charge is 2.26. The van der Waals surface area contributed by atoms with E-state index in [2.05, 4.69) is 21.2 Å². The van der Waals surface area contributed by atoms with E-state index in [-0.39, 0.29) is 10.5 Å². The van der Waals surface area contributed by atoms with Crippen LogP contribution in [0.2, 0.25) is 0 Å². The van der Waals surface area contributed by atoms with Crippen molar-refractivity contribution in [3.05, 3.63) is 57.8 Å². The molecule has 0 unspecified atom stereocenters. The normalized spacial score (nSPS) is 15.5. The second kappa shape index (κ2) is 8.08. The molecule has 2 aromatic rings. The number of sulfonamides is 1. The molecule has 1 aliphatic rings. The molecule has 3 rings (SSSR count). The maximum Gasteiger partial charge on any atom is 0.256 e. The number of aryl methyl sites for hydroxylation is 1. The summed E-state index contributed by atoms with van der Waals surface area (Å²) >= 11 is 3.17. The molecule has 0 saturated carbocycles. The van der Waals surface area contributed by atoms with Gasteiger partial charge in [0.15, 0.2) is 0 Å². The van der Waals surface area contributed by atoms with Gasteiger partial charge in [-0.05, 0) is 71.6 Å². The van der Waals surface area contributed by atoms with Crippen molar-refractivity contribution >= 4 is 37.5 Å². The topological polar surface area (TPSA) is 66.5 Å². The predicted molar refractivity (Wildman–Crippen MR) is 106 cm³/mol. The van der Waals surface area contributed by atoms with Crippen molar-refractivity contribution in [1.82, 2.24) is 4.31 Å². The minimum atomic E-state index is -3.59. The zero-order valence-electron chi connectivity index (χ0n) is 14.8. The van der Waals surface area contributed by atoms with Gasteiger partial charge in [0.1, 0.15) is 5.82 Å². The monoisotopic (exact) mass is 454 g/mol. The van der Waals surface area contributed by atoms with Crippen LogP contribution in [0.25, 0.3) is 0 Å². The summed E-state index contributed by atoms with van der Waals surface area (Å²) in [6.07, 6.45) is 2.74. The Balaban J connectivity index is 1.88. The van der Waals surface area contributed by atoms with Crippen molar-refractivity contribution in [2.45, 2.75) is 31.1 Å². The Hall–Kier alpha value is -1.77. The molecule has 0 bridgehead atoms. The zero-order valence-corrected chi connectivity index (χ0v) is 17.2. The van der Waals surface area contributed by atoms with Crippen LogP contribution in [-0.4, -0.2) is 31.7 Å². The molecule has 0 radical (unpaired) electrons. The van der Waals surface area contributed by atoms with Gasteiger partial charge in [-0.2, -0.15) is 4.31 Å². The van der Waals surface area contributed by atoms with Gasteiger partial charge in [0.2, 0.25) is 10.0 Å². The molecule has 0 spiro atoms. The quantitative estimate of drug-likeness (QED) is 0.747. The van der Waals surface area contributed by atoms with E-state index in [4.69, 9.17) is 0 Å². The molecule has 0 aromatic heterocycles. The number of nitrogens with one attached hydrogen (secondary N) is 1. The van der Waals surface area contributed by atoms with E-state index in [0.717, 1.165) is 24.8 Å². The average Bonchev–Trinajstić information content (AvgIpc) is 2.64. The summed E-state index contributed by atoms with van der Waals surface area (Å²) in [4.78, 5) is 12.7. The Morgan fingerprint density at radius 3 is 2.48 bits per heavy atom. The fourth-order valence-corrected chi connectivity index (χ4v) is 5.09. The number of rotatable bonds is 4. The number of carbonyl (C=O) groups is 1. The SMILES string of the molecule is Cc1ccc(S(=O)(=O)N2CCCCC2)cc1NC(=O)c1ccc(F)cc1Br. The van der Waals surface area contributed by atoms with Gasteiger partial charge in [0, 0.05) is 23.2 Å². The molecule has 1 amide bonds. The maximum atomic E-state index is 13.2. The third kappa shape index (κ3) is 4.39. The molecular formula is C19H20BrFN2O3S. The van der Waals surface area contributed by atoms with Gasteiger partial charge in [0.05, 0.1) is 10.5 Å². The molecule has 1 N–H and O–H groups in total. The van der Waals surface area contributed by atoms with Crippen LogP contribution in [0.1, 0.15) is 35.2 Å². The zero-order chi connectivity index (χ0) is 19.6. The lowest BCUT2D eigenvalue weighted by Crippen LogP contribution is -2.35. The van der Waals surface area contributed by atoms with Gasteiger partial charge in [-0.1, -0.05) is 12.5 Å². The number of halogens is 2. The minimum Gasteiger partial charge on any atom is -0.322 e. The standard InChI is InChI=1S/C19H20BrFN2O3S/c1-13-5-7-15(27(25,26)23-9-3-2-4-10-23)12-18(13)22-19(24)16-8-6-14(21)11-17(16)20/h5-8,11-12H,2-4,9-10H2,1H3,(H,22,24). The second-order valence-corrected chi connectivity index (χ2v) is 9.31. The van der Waals surface area contributed by atoms with Crippen molar-refractivity contribution in [2.24, 2.45) is 0 Å². The summed E-state index contributed by atoms with van der Waals surface area (Å²) in [6, 6.07) is 8.49. The number of carbonyl (C=O) groups excluding carboxylic acids is 1. The highest BCUT2D eigenvalue weighted by atomic mass is 79.9. The van der Waals surface area contributed by atoms with E-state index >= 15 is 0 Å². The summed E-state index contributed by atoms with van der Waals surface area (Å²) in [5, 5.41) is 2.73. The largest absolute Gasteiger partial charge is 0.322 e. The Kier molecular flexibility index (Phi) is 5.98. The summed E-state index contributed by atoms with van der Waals surface area (Å²) in [5.74, 6) is -0.901. The summed E-state index contributed by atoms with van der Waals surface area (Å²) in [6.45, 7) is 2.81. The molecule has 27 heavy (non-hydrogen) atoms. The van der Waals surface area contributed by atoms with E-state index in [9.17, 15) is 17.6 Å². The second-order valence-electron chi connectivity index (χ2n) is 6.52. The Morgan fingerprint density at radius 2 is 1.81 bits per heavy atom. The molecule has 2 aromatic carbocycles. The molecule has 1 saturated heterocycles. The fraction of sp³-hybridized carbons (Fsp3) is 0.316. The minimum absolute atomic E-state index is 0.156. The third-order valence-electron chi connectivity index (χ3n) is 4.59. The molecule has 0 aliphatic carbocycles. The van der Waals surface area contributed by atoms with Crippen LogP contribution in [0.5, 0.6) is 0 Å². The molecule has 5 nitrogen and oxygen atoms in total. The van der Waals surface area contributed by atoms with E-state index in [0.29, 0.717) is 23.2 Å². The van der Waals surface area contributed by atoms with Gasteiger partial charge < -0.3 is 5.32 Å². The van der Waals surface area contributed by atoms with Gasteiger partial charge >= 0.3 is 0 Å². The van der Waals surface area contributed by atoms with E-state index in [1.807, 2.05) is 0 Å². The lowest BCUT2D eigenvalue weighted by molar-refractivity contribution is 0.102. The van der Waals surface area contributed by atoms with Gasteiger partial charge in [0.25, 0.3) is 5.91 Å². The first kappa shape index (κ1) is 20.0. The van der Waals surface area contributed by atoms with Crippen LogP contribution in [0.3, 0.4) is 0 Å². The van der Waals surface area contributed by atoms with Crippen LogP contribution in [-0.2, 0) is 10.0 Å². The molecule has 0 atom stereocenters. The Morgan fingerprint density at radius 1 is 1.11 bits per heavy atom. The van der Waals surface area contributed by atoms with Crippen molar-refractivity contribution in [3.63, 3.8) is 0 Å². The average molecular weight is 455 g/mol. The van der Waals surface area contributed by atoms with Crippen molar-refractivity contribution in [3.8, 4) is 0 Å². The van der Waals surface area contributed by atoms with Crippen molar-refractivity contribution in [1.29, 1.82) is 0 Å². The number of piperidine rings is 1. The molecule has 144 valence electrons. The molecule has 1 heterocycles. The van der Waals surface area contributed by atoms with Crippen molar-refractivity contribution < 1.29 is 17.6 Å². The number of nitrogens with zero attached hydrogens (tertiary/aromatic N) is 1. The Bertz CT molecular complexity index is 973. The van der Waals surface area contributed by atoms with Gasteiger partial charge in [-0.25, -0.2) is 12.8 Å².